The van der Waals surface area contributed by atoms with Gasteiger partial charge in [-0.2, -0.15) is 9.57 Å². The Morgan fingerprint density at radius 1 is 1.42 bits per heavy atom. The number of rotatable bonds is 4. The highest BCUT2D eigenvalue weighted by atomic mass is 32.2. The molecule has 1 aromatic rings. The van der Waals surface area contributed by atoms with E-state index >= 15 is 0 Å². The van der Waals surface area contributed by atoms with E-state index in [0.29, 0.717) is 11.3 Å². The number of hydrogen-bond donors (Lipinski definition) is 1. The molecule has 0 fully saturated rings. The number of hydrogen-bond acceptors (Lipinski definition) is 4. The van der Waals surface area contributed by atoms with Crippen LogP contribution >= 0.6 is 0 Å². The molecule has 0 bridgehead atoms. The maximum atomic E-state index is 12.5. The van der Waals surface area contributed by atoms with E-state index in [1.807, 2.05) is 13.0 Å². The lowest BCUT2D eigenvalue weighted by molar-refractivity contribution is 0.393. The molecule has 19 heavy (non-hydrogen) atoms. The molecule has 5 nitrogen and oxygen atoms in total. The van der Waals surface area contributed by atoms with E-state index in [2.05, 4.69) is 0 Å². The summed E-state index contributed by atoms with van der Waals surface area (Å²) in [4.78, 5) is 0.206. The van der Waals surface area contributed by atoms with Crippen LogP contribution in [-0.2, 0) is 10.0 Å². The quantitative estimate of drug-likeness (QED) is 0.853. The Labute approximate surface area is 114 Å². The number of aryl methyl sites for hydroxylation is 1. The van der Waals surface area contributed by atoms with Gasteiger partial charge in [-0.1, -0.05) is 0 Å². The number of anilines is 1. The van der Waals surface area contributed by atoms with Crippen molar-refractivity contribution in [2.75, 3.05) is 12.8 Å². The topological polar surface area (TPSA) is 87.2 Å². The monoisotopic (exact) mass is 281 g/mol. The molecule has 104 valence electrons. The van der Waals surface area contributed by atoms with Crippen LogP contribution in [0.3, 0.4) is 0 Å². The molecule has 0 saturated heterocycles. The van der Waals surface area contributed by atoms with Crippen molar-refractivity contribution in [3.05, 3.63) is 23.3 Å². The minimum absolute atomic E-state index is 0.149. The van der Waals surface area contributed by atoms with Gasteiger partial charge >= 0.3 is 0 Å². The third-order valence-electron chi connectivity index (χ3n) is 3.31. The molecule has 0 saturated carbocycles. The molecule has 0 aliphatic heterocycles. The van der Waals surface area contributed by atoms with Crippen LogP contribution in [0.15, 0.2) is 17.0 Å². The summed E-state index contributed by atoms with van der Waals surface area (Å²) >= 11 is 0. The van der Waals surface area contributed by atoms with Gasteiger partial charge in [-0.15, -0.1) is 0 Å². The molecular formula is C13H19N3O2S. The van der Waals surface area contributed by atoms with Crippen LogP contribution in [0, 0.1) is 25.2 Å². The zero-order valence-corrected chi connectivity index (χ0v) is 12.5. The lowest BCUT2D eigenvalue weighted by Crippen LogP contribution is -2.35. The van der Waals surface area contributed by atoms with Crippen molar-refractivity contribution in [1.29, 1.82) is 5.26 Å². The minimum atomic E-state index is -3.63. The van der Waals surface area contributed by atoms with Gasteiger partial charge < -0.3 is 5.73 Å². The van der Waals surface area contributed by atoms with Gasteiger partial charge in [-0.25, -0.2) is 8.42 Å². The van der Waals surface area contributed by atoms with Gasteiger partial charge in [0.15, 0.2) is 0 Å². The average Bonchev–Trinajstić information content (AvgIpc) is 2.32. The van der Waals surface area contributed by atoms with E-state index in [1.54, 1.807) is 19.9 Å². The Bertz CT molecular complexity index is 618. The molecule has 1 rings (SSSR count). The maximum Gasteiger partial charge on any atom is 0.243 e. The number of nitrogens with two attached hydrogens (primary N) is 1. The Kier molecular flexibility index (Phi) is 4.56. The third kappa shape index (κ3) is 3.06. The van der Waals surface area contributed by atoms with Gasteiger partial charge in [-0.05, 0) is 44.0 Å². The summed E-state index contributed by atoms with van der Waals surface area (Å²) in [5.74, 6) is 0. The molecule has 1 aromatic carbocycles. The fourth-order valence-corrected chi connectivity index (χ4v) is 3.47. The molecule has 6 heteroatoms. The lowest BCUT2D eigenvalue weighted by Gasteiger charge is -2.24. The SMILES string of the molecule is Cc1cc(N)cc(S(=O)(=O)N(C)C(C)CC#N)c1C. The molecule has 1 atom stereocenters. The highest BCUT2D eigenvalue weighted by molar-refractivity contribution is 7.89. The molecule has 0 heterocycles. The van der Waals surface area contributed by atoms with Gasteiger partial charge in [0.1, 0.15) is 0 Å². The van der Waals surface area contributed by atoms with Gasteiger partial charge in [0, 0.05) is 18.8 Å². The van der Waals surface area contributed by atoms with Crippen molar-refractivity contribution in [3.63, 3.8) is 0 Å². The standard InChI is InChI=1S/C13H19N3O2S/c1-9-7-12(15)8-13(11(9)3)19(17,18)16(4)10(2)5-6-14/h7-8,10H,5,15H2,1-4H3. The highest BCUT2D eigenvalue weighted by Crippen LogP contribution is 2.26. The first kappa shape index (κ1) is 15.5. The van der Waals surface area contributed by atoms with Crippen LogP contribution in [0.2, 0.25) is 0 Å². The molecule has 1 unspecified atom stereocenters. The molecule has 0 radical (unpaired) electrons. The van der Waals surface area contributed by atoms with Crippen LogP contribution < -0.4 is 5.73 Å². The number of nitriles is 1. The summed E-state index contributed by atoms with van der Waals surface area (Å²) in [5.41, 5.74) is 7.66. The summed E-state index contributed by atoms with van der Waals surface area (Å²) in [6.07, 6.45) is 0.149. The minimum Gasteiger partial charge on any atom is -0.399 e. The Morgan fingerprint density at radius 2 is 2.00 bits per heavy atom. The molecule has 0 spiro atoms. The predicted octanol–water partition coefficient (Wildman–Crippen LogP) is 1.81. The molecule has 0 amide bonds. The first-order valence-corrected chi connectivity index (χ1v) is 7.37. The van der Waals surface area contributed by atoms with Crippen molar-refractivity contribution < 1.29 is 8.42 Å². The number of sulfonamides is 1. The summed E-state index contributed by atoms with van der Waals surface area (Å²) < 4.78 is 26.3. The smallest absolute Gasteiger partial charge is 0.243 e. The van der Waals surface area contributed by atoms with E-state index in [0.717, 1.165) is 5.56 Å². The molecular weight excluding hydrogens is 262 g/mol. The third-order valence-corrected chi connectivity index (χ3v) is 5.40. The van der Waals surface area contributed by atoms with E-state index in [1.165, 1.54) is 17.4 Å². The fourth-order valence-electron chi connectivity index (χ4n) is 1.77. The second-order valence-electron chi connectivity index (χ2n) is 4.69. The van der Waals surface area contributed by atoms with Crippen LogP contribution in [0.25, 0.3) is 0 Å². The van der Waals surface area contributed by atoms with Crippen molar-refractivity contribution in [3.8, 4) is 6.07 Å². The first-order chi connectivity index (χ1) is 8.71. The van der Waals surface area contributed by atoms with E-state index in [9.17, 15) is 8.42 Å². The zero-order chi connectivity index (χ0) is 14.8. The lowest BCUT2D eigenvalue weighted by atomic mass is 10.1. The fraction of sp³-hybridized carbons (Fsp3) is 0.462. The molecule has 0 aliphatic rings. The second kappa shape index (κ2) is 5.59. The summed E-state index contributed by atoms with van der Waals surface area (Å²) in [5, 5.41) is 8.67. The van der Waals surface area contributed by atoms with Gasteiger partial charge in [-0.3, -0.25) is 0 Å². The largest absolute Gasteiger partial charge is 0.399 e. The van der Waals surface area contributed by atoms with Crippen LogP contribution in [0.4, 0.5) is 5.69 Å². The van der Waals surface area contributed by atoms with Crippen LogP contribution in [0.5, 0.6) is 0 Å². The summed E-state index contributed by atoms with van der Waals surface area (Å²) in [6.45, 7) is 5.28. The summed E-state index contributed by atoms with van der Waals surface area (Å²) in [7, 11) is -2.15. The van der Waals surface area contributed by atoms with Gasteiger partial charge in [0.25, 0.3) is 0 Å². The van der Waals surface area contributed by atoms with Gasteiger partial charge in [0.05, 0.1) is 17.4 Å². The zero-order valence-electron chi connectivity index (χ0n) is 11.6. The number of nitrogens with zero attached hydrogens (tertiary/aromatic N) is 2. The van der Waals surface area contributed by atoms with E-state index < -0.39 is 10.0 Å². The summed E-state index contributed by atoms with van der Waals surface area (Å²) in [6, 6.07) is 4.81. The normalized spacial score (nSPS) is 13.3. The van der Waals surface area contributed by atoms with Crippen molar-refractivity contribution in [2.45, 2.75) is 38.1 Å². The first-order valence-electron chi connectivity index (χ1n) is 5.93. The second-order valence-corrected chi connectivity index (χ2v) is 6.66. The Hall–Kier alpha value is -1.58. The van der Waals surface area contributed by atoms with E-state index in [4.69, 9.17) is 11.0 Å². The number of benzene rings is 1. The maximum absolute atomic E-state index is 12.5. The Morgan fingerprint density at radius 3 is 2.53 bits per heavy atom. The predicted molar refractivity (Wildman–Crippen MR) is 75.0 cm³/mol. The van der Waals surface area contributed by atoms with Crippen LogP contribution in [-0.4, -0.2) is 25.8 Å². The van der Waals surface area contributed by atoms with Crippen molar-refractivity contribution in [1.82, 2.24) is 4.31 Å². The number of nitrogen functional groups attached to an aromatic ring is 1. The van der Waals surface area contributed by atoms with E-state index in [-0.39, 0.29) is 17.4 Å². The van der Waals surface area contributed by atoms with Gasteiger partial charge in [0.2, 0.25) is 10.0 Å². The average molecular weight is 281 g/mol. The molecule has 0 aliphatic carbocycles. The highest BCUT2D eigenvalue weighted by Gasteiger charge is 2.27. The van der Waals surface area contributed by atoms with Crippen LogP contribution in [0.1, 0.15) is 24.5 Å². The Balaban J connectivity index is 3.33. The van der Waals surface area contributed by atoms with Crippen molar-refractivity contribution in [2.24, 2.45) is 0 Å². The molecule has 2 N–H and O–H groups in total. The molecule has 0 aromatic heterocycles. The van der Waals surface area contributed by atoms with Crippen molar-refractivity contribution >= 4 is 15.7 Å².